The van der Waals surface area contributed by atoms with E-state index in [1.165, 1.54) is 6.08 Å². The summed E-state index contributed by atoms with van der Waals surface area (Å²) in [5.41, 5.74) is 0.0325. The molecule has 2 aliphatic rings. The van der Waals surface area contributed by atoms with Crippen LogP contribution in [0.25, 0.3) is 0 Å². The summed E-state index contributed by atoms with van der Waals surface area (Å²) < 4.78 is 57.5. The molecule has 11 nitrogen and oxygen atoms in total. The van der Waals surface area contributed by atoms with Crippen molar-refractivity contribution in [1.29, 1.82) is 0 Å². The van der Waals surface area contributed by atoms with Crippen LogP contribution < -0.4 is 5.32 Å². The van der Waals surface area contributed by atoms with Gasteiger partial charge in [0.05, 0.1) is 0 Å². The van der Waals surface area contributed by atoms with Gasteiger partial charge in [-0.2, -0.15) is 8.78 Å². The number of phosphoric ester groups is 1. The van der Waals surface area contributed by atoms with E-state index in [0.717, 1.165) is 29.2 Å². The molecule has 3 N–H and O–H groups in total. The Morgan fingerprint density at radius 1 is 1.25 bits per heavy atom. The number of phosphoric acid groups is 1. The highest BCUT2D eigenvalue weighted by Gasteiger charge is 2.44. The van der Waals surface area contributed by atoms with Gasteiger partial charge >= 0.3 is 13.7 Å². The minimum Gasteiger partial charge on any atom is -0.346 e. The Morgan fingerprint density at radius 3 is 2.50 bits per heavy atom. The lowest BCUT2D eigenvalue weighted by Crippen LogP contribution is -2.55. The van der Waals surface area contributed by atoms with Crippen molar-refractivity contribution in [1.82, 2.24) is 15.1 Å². The molecule has 2 heterocycles. The number of carbonyl (C=O) groups is 4. The van der Waals surface area contributed by atoms with Crippen molar-refractivity contribution in [2.24, 2.45) is 0 Å². The maximum Gasteiger partial charge on any atom is 0.471 e. The number of hydrogen-bond acceptors (Lipinski definition) is 6. The van der Waals surface area contributed by atoms with Crippen LogP contribution in [0.3, 0.4) is 0 Å². The van der Waals surface area contributed by atoms with E-state index in [0.29, 0.717) is 22.5 Å². The van der Waals surface area contributed by atoms with Gasteiger partial charge in [-0.25, -0.2) is 8.96 Å². The minimum atomic E-state index is -4.98. The van der Waals surface area contributed by atoms with E-state index >= 15 is 0 Å². The van der Waals surface area contributed by atoms with Gasteiger partial charge in [-0.15, -0.1) is 0 Å². The number of nitrogens with one attached hydrogen (secondary N) is 1. The van der Waals surface area contributed by atoms with Crippen molar-refractivity contribution in [2.75, 3.05) is 19.8 Å². The van der Waals surface area contributed by atoms with Crippen molar-refractivity contribution in [3.8, 4) is 0 Å². The van der Waals surface area contributed by atoms with Crippen molar-refractivity contribution < 1.29 is 51.2 Å². The zero-order chi connectivity index (χ0) is 29.8. The van der Waals surface area contributed by atoms with Gasteiger partial charge in [0.15, 0.2) is 0 Å². The topological polar surface area (TPSA) is 154 Å². The Morgan fingerprint density at radius 2 is 1.90 bits per heavy atom. The Kier molecular flexibility index (Phi) is 9.52. The molecule has 1 aromatic rings. The number of carbonyl (C=O) groups excluding carboxylic acids is 4. The molecule has 0 aliphatic carbocycles. The van der Waals surface area contributed by atoms with Crippen LogP contribution >= 0.6 is 7.82 Å². The smallest absolute Gasteiger partial charge is 0.346 e. The number of piperidine rings is 1. The van der Waals surface area contributed by atoms with E-state index in [-0.39, 0.29) is 31.5 Å². The Labute approximate surface area is 227 Å². The van der Waals surface area contributed by atoms with Gasteiger partial charge in [-0.05, 0) is 48.3 Å². The average molecular weight is 585 g/mol. The Hall–Kier alpha value is -3.58. The summed E-state index contributed by atoms with van der Waals surface area (Å²) in [6.07, 6.45) is 3.34. The average Bonchev–Trinajstić information content (AvgIpc) is 3.15. The molecular weight excluding hydrogens is 558 g/mol. The highest BCUT2D eigenvalue weighted by molar-refractivity contribution is 7.46. The number of hydrogen-bond donors (Lipinski definition) is 3. The van der Waals surface area contributed by atoms with E-state index in [1.807, 2.05) is 0 Å². The van der Waals surface area contributed by atoms with E-state index < -0.39 is 61.5 Å². The SMILES string of the molecule is C=C1C(=O)N(C2CCC(=O)N(COP(=O)(O)O)C2=O)C/C1=C/C(=C\CC)CNC(=O)C(F)(F)c1ccc(F)cc1. The van der Waals surface area contributed by atoms with E-state index in [9.17, 15) is 36.9 Å². The molecule has 2 saturated heterocycles. The van der Waals surface area contributed by atoms with Crippen LogP contribution in [0.4, 0.5) is 13.2 Å². The highest BCUT2D eigenvalue weighted by Crippen LogP contribution is 2.37. The molecule has 0 spiro atoms. The Bertz CT molecular complexity index is 1320. The van der Waals surface area contributed by atoms with Gasteiger partial charge in [0.25, 0.3) is 17.7 Å². The van der Waals surface area contributed by atoms with Gasteiger partial charge in [-0.1, -0.05) is 25.7 Å². The van der Waals surface area contributed by atoms with Gasteiger partial charge in [0.1, 0.15) is 18.6 Å². The third-order valence-electron chi connectivity index (χ3n) is 6.23. The van der Waals surface area contributed by atoms with Crippen LogP contribution in [0, 0.1) is 5.82 Å². The van der Waals surface area contributed by atoms with Gasteiger partial charge in [0.2, 0.25) is 5.91 Å². The number of amides is 4. The van der Waals surface area contributed by atoms with Crippen LogP contribution in [0.15, 0.2) is 59.7 Å². The first-order chi connectivity index (χ1) is 18.7. The fourth-order valence-electron chi connectivity index (χ4n) is 4.18. The molecule has 15 heteroatoms. The zero-order valence-electron chi connectivity index (χ0n) is 21.3. The number of nitrogens with zero attached hydrogens (tertiary/aromatic N) is 2. The molecule has 2 fully saturated rings. The predicted octanol–water partition coefficient (Wildman–Crippen LogP) is 2.28. The number of allylic oxidation sites excluding steroid dienone is 1. The van der Waals surface area contributed by atoms with Gasteiger partial charge < -0.3 is 20.0 Å². The maximum absolute atomic E-state index is 14.6. The third-order valence-corrected chi connectivity index (χ3v) is 6.69. The van der Waals surface area contributed by atoms with Crippen molar-refractivity contribution in [3.63, 3.8) is 0 Å². The number of likely N-dealkylation sites (tertiary alicyclic amines) is 2. The fourth-order valence-corrected chi connectivity index (χ4v) is 4.44. The molecule has 1 aromatic carbocycles. The summed E-state index contributed by atoms with van der Waals surface area (Å²) in [5.74, 6) is -8.52. The lowest BCUT2D eigenvalue weighted by Gasteiger charge is -2.34. The summed E-state index contributed by atoms with van der Waals surface area (Å²) in [6, 6.07) is 2.11. The molecule has 0 bridgehead atoms. The second-order valence-electron chi connectivity index (χ2n) is 9.00. The van der Waals surface area contributed by atoms with E-state index in [2.05, 4.69) is 16.4 Å². The fraction of sp³-hybridized carbons (Fsp3) is 0.360. The summed E-state index contributed by atoms with van der Waals surface area (Å²) in [5, 5.41) is 2.14. The van der Waals surface area contributed by atoms with Crippen LogP contribution in [0.1, 0.15) is 31.7 Å². The number of imide groups is 1. The second kappa shape index (κ2) is 12.3. The molecule has 0 saturated carbocycles. The number of rotatable bonds is 10. The molecule has 40 heavy (non-hydrogen) atoms. The largest absolute Gasteiger partial charge is 0.471 e. The molecule has 2 aliphatic heterocycles. The second-order valence-corrected chi connectivity index (χ2v) is 10.2. The van der Waals surface area contributed by atoms with Gasteiger partial charge in [0, 0.05) is 30.6 Å². The first-order valence-electron chi connectivity index (χ1n) is 12.0. The lowest BCUT2D eigenvalue weighted by molar-refractivity contribution is -0.158. The molecule has 216 valence electrons. The van der Waals surface area contributed by atoms with Crippen molar-refractivity contribution >= 4 is 31.5 Å². The maximum atomic E-state index is 14.6. The summed E-state index contributed by atoms with van der Waals surface area (Å²) >= 11 is 0. The molecule has 1 unspecified atom stereocenters. The number of benzene rings is 1. The van der Waals surface area contributed by atoms with Crippen LogP contribution in [-0.4, -0.2) is 69.1 Å². The molecule has 3 rings (SSSR count). The summed E-state index contributed by atoms with van der Waals surface area (Å²) in [6.45, 7) is 4.05. The van der Waals surface area contributed by atoms with E-state index in [4.69, 9.17) is 9.79 Å². The number of alkyl halides is 2. The van der Waals surface area contributed by atoms with Gasteiger partial charge in [-0.3, -0.25) is 28.6 Å². The predicted molar refractivity (Wildman–Crippen MR) is 133 cm³/mol. The minimum absolute atomic E-state index is 0.00712. The van der Waals surface area contributed by atoms with E-state index in [1.54, 1.807) is 13.0 Å². The quantitative estimate of drug-likeness (QED) is 0.215. The first kappa shape index (κ1) is 31.0. The van der Waals surface area contributed by atoms with Crippen molar-refractivity contribution in [3.05, 3.63) is 71.1 Å². The normalized spacial score (nSPS) is 20.1. The summed E-state index contributed by atoms with van der Waals surface area (Å²) in [7, 11) is -4.98. The van der Waals surface area contributed by atoms with Crippen LogP contribution in [-0.2, 0) is 34.2 Å². The van der Waals surface area contributed by atoms with Crippen molar-refractivity contribution in [2.45, 2.75) is 38.2 Å². The van der Waals surface area contributed by atoms with Crippen LogP contribution in [0.5, 0.6) is 0 Å². The monoisotopic (exact) mass is 585 g/mol. The lowest BCUT2D eigenvalue weighted by atomic mass is 10.0. The molecular formula is C25H27F3N3O8P. The zero-order valence-corrected chi connectivity index (χ0v) is 22.2. The third kappa shape index (κ3) is 7.13. The summed E-state index contributed by atoms with van der Waals surface area (Å²) in [4.78, 5) is 69.7. The molecule has 0 radical (unpaired) electrons. The van der Waals surface area contributed by atoms with Crippen LogP contribution in [0.2, 0.25) is 0 Å². The molecule has 4 amide bonds. The number of halogens is 3. The molecule has 0 aromatic heterocycles. The Balaban J connectivity index is 1.73. The first-order valence-corrected chi connectivity index (χ1v) is 13.5. The standard InChI is InChI=1S/C25H27F3N3O8P/c1-3-4-16(12-29-24(35)25(27,28)18-5-7-19(26)8-6-18)11-17-13-30(22(33)15(17)2)20-9-10-21(32)31(23(20)34)14-39-40(36,37)38/h4-8,11,20H,2-3,9-10,12-14H2,1H3,(H,29,35)(H2,36,37,38)/b16-4+,17-11-. The molecule has 1 atom stereocenters. The highest BCUT2D eigenvalue weighted by atomic mass is 31.2.